The molecular formula is C13H18N2O3S. The molecule has 1 unspecified atom stereocenters. The summed E-state index contributed by atoms with van der Waals surface area (Å²) in [5, 5.41) is 14.0. The number of nitrogens with zero attached hydrogens (tertiary/aromatic N) is 1. The number of likely N-dealkylation sites (N-methyl/N-ethyl adjacent to an activating group) is 1. The Bertz CT molecular complexity index is 470. The highest BCUT2D eigenvalue weighted by Gasteiger charge is 2.18. The number of aliphatic hydroxyl groups excluding tert-OH is 1. The van der Waals surface area contributed by atoms with Crippen molar-refractivity contribution >= 4 is 23.2 Å². The summed E-state index contributed by atoms with van der Waals surface area (Å²) < 4.78 is 0. The van der Waals surface area contributed by atoms with Crippen LogP contribution in [0.25, 0.3) is 0 Å². The van der Waals surface area contributed by atoms with Gasteiger partial charge >= 0.3 is 0 Å². The molecule has 0 aromatic carbocycles. The van der Waals surface area contributed by atoms with Crippen LogP contribution in [0.2, 0.25) is 0 Å². The quantitative estimate of drug-likeness (QED) is 0.760. The molecule has 1 rings (SSSR count). The molecule has 1 atom stereocenters. The summed E-state index contributed by atoms with van der Waals surface area (Å²) in [4.78, 5) is 25.3. The summed E-state index contributed by atoms with van der Waals surface area (Å²) in [7, 11) is 1.52. The average Bonchev–Trinajstić information content (AvgIpc) is 2.81. The van der Waals surface area contributed by atoms with Gasteiger partial charge in [-0.05, 0) is 30.0 Å². The van der Waals surface area contributed by atoms with Gasteiger partial charge in [0.05, 0.1) is 19.2 Å². The maximum atomic E-state index is 11.8. The predicted molar refractivity (Wildman–Crippen MR) is 74.9 cm³/mol. The summed E-state index contributed by atoms with van der Waals surface area (Å²) in [6.45, 7) is 5.04. The second kappa shape index (κ2) is 7.06. The zero-order chi connectivity index (χ0) is 14.4. The van der Waals surface area contributed by atoms with Crippen molar-refractivity contribution < 1.29 is 14.7 Å². The number of hydrogen-bond acceptors (Lipinski definition) is 4. The second-order valence-electron chi connectivity index (χ2n) is 4.17. The van der Waals surface area contributed by atoms with Gasteiger partial charge < -0.3 is 15.3 Å². The monoisotopic (exact) mass is 282 g/mol. The fourth-order valence-corrected chi connectivity index (χ4v) is 2.60. The molecule has 1 aromatic heterocycles. The number of rotatable bonds is 6. The Morgan fingerprint density at radius 3 is 2.79 bits per heavy atom. The van der Waals surface area contributed by atoms with Gasteiger partial charge in [0.15, 0.2) is 0 Å². The zero-order valence-corrected chi connectivity index (χ0v) is 11.9. The van der Waals surface area contributed by atoms with E-state index in [-0.39, 0.29) is 25.0 Å². The van der Waals surface area contributed by atoms with E-state index in [2.05, 4.69) is 11.9 Å². The van der Waals surface area contributed by atoms with E-state index < -0.39 is 6.04 Å². The fraction of sp³-hybridized carbons (Fsp3) is 0.385. The standard InChI is InChI=1S/C13H18N2O3S/c1-4-12(18)15(3)7-11(17)14-10(8-16)13-9(2)5-6-19-13/h4-6,10,16H,1,7-8H2,2-3H3,(H,14,17). The number of aliphatic hydroxyl groups is 1. The second-order valence-corrected chi connectivity index (χ2v) is 5.12. The molecule has 0 saturated heterocycles. The van der Waals surface area contributed by atoms with E-state index in [0.29, 0.717) is 0 Å². The molecule has 0 aliphatic heterocycles. The van der Waals surface area contributed by atoms with Gasteiger partial charge in [0, 0.05) is 11.9 Å². The molecule has 0 radical (unpaired) electrons. The first kappa shape index (κ1) is 15.4. The number of thiophene rings is 1. The molecule has 2 N–H and O–H groups in total. The topological polar surface area (TPSA) is 69.6 Å². The van der Waals surface area contributed by atoms with Crippen LogP contribution in [-0.2, 0) is 9.59 Å². The third kappa shape index (κ3) is 4.18. The van der Waals surface area contributed by atoms with Gasteiger partial charge in [-0.3, -0.25) is 9.59 Å². The maximum Gasteiger partial charge on any atom is 0.246 e. The van der Waals surface area contributed by atoms with Crippen molar-refractivity contribution in [2.45, 2.75) is 13.0 Å². The first-order valence-electron chi connectivity index (χ1n) is 5.81. The van der Waals surface area contributed by atoms with Crippen molar-refractivity contribution in [1.29, 1.82) is 0 Å². The average molecular weight is 282 g/mol. The molecule has 104 valence electrons. The van der Waals surface area contributed by atoms with Crippen molar-refractivity contribution in [3.63, 3.8) is 0 Å². The first-order chi connectivity index (χ1) is 8.99. The number of carbonyl (C=O) groups is 2. The zero-order valence-electron chi connectivity index (χ0n) is 11.0. The summed E-state index contributed by atoms with van der Waals surface area (Å²) in [6.07, 6.45) is 1.15. The van der Waals surface area contributed by atoms with Crippen LogP contribution in [0.3, 0.4) is 0 Å². The molecule has 0 aliphatic carbocycles. The minimum atomic E-state index is -0.431. The van der Waals surface area contributed by atoms with Crippen LogP contribution in [0, 0.1) is 6.92 Å². The SMILES string of the molecule is C=CC(=O)N(C)CC(=O)NC(CO)c1sccc1C. The van der Waals surface area contributed by atoms with E-state index in [0.717, 1.165) is 16.5 Å². The Morgan fingerprint density at radius 1 is 1.63 bits per heavy atom. The number of carbonyl (C=O) groups excluding carboxylic acids is 2. The normalized spacial score (nSPS) is 11.7. The van der Waals surface area contributed by atoms with Crippen molar-refractivity contribution in [2.75, 3.05) is 20.2 Å². The van der Waals surface area contributed by atoms with Crippen LogP contribution in [0.4, 0.5) is 0 Å². The van der Waals surface area contributed by atoms with Crippen LogP contribution >= 0.6 is 11.3 Å². The molecule has 5 nitrogen and oxygen atoms in total. The summed E-state index contributed by atoms with van der Waals surface area (Å²) in [5.41, 5.74) is 1.03. The number of nitrogens with one attached hydrogen (secondary N) is 1. The molecular weight excluding hydrogens is 264 g/mol. The van der Waals surface area contributed by atoms with Crippen LogP contribution < -0.4 is 5.32 Å². The largest absolute Gasteiger partial charge is 0.394 e. The van der Waals surface area contributed by atoms with Gasteiger partial charge in [0.2, 0.25) is 11.8 Å². The van der Waals surface area contributed by atoms with Gasteiger partial charge in [0.25, 0.3) is 0 Å². The highest BCUT2D eigenvalue weighted by molar-refractivity contribution is 7.10. The number of aryl methyl sites for hydroxylation is 1. The lowest BCUT2D eigenvalue weighted by Gasteiger charge is -2.19. The van der Waals surface area contributed by atoms with Crippen molar-refractivity contribution in [2.24, 2.45) is 0 Å². The van der Waals surface area contributed by atoms with E-state index in [9.17, 15) is 14.7 Å². The van der Waals surface area contributed by atoms with Gasteiger partial charge in [-0.2, -0.15) is 0 Å². The molecule has 0 fully saturated rings. The van der Waals surface area contributed by atoms with Crippen LogP contribution in [-0.4, -0.2) is 42.0 Å². The van der Waals surface area contributed by atoms with Gasteiger partial charge in [0.1, 0.15) is 0 Å². The fourth-order valence-electron chi connectivity index (χ4n) is 1.62. The van der Waals surface area contributed by atoms with Crippen molar-refractivity contribution in [1.82, 2.24) is 10.2 Å². The van der Waals surface area contributed by atoms with Gasteiger partial charge in [-0.15, -0.1) is 11.3 Å². The Hall–Kier alpha value is -1.66. The minimum Gasteiger partial charge on any atom is -0.394 e. The van der Waals surface area contributed by atoms with Gasteiger partial charge in [-0.25, -0.2) is 0 Å². The van der Waals surface area contributed by atoms with Crippen LogP contribution in [0.15, 0.2) is 24.1 Å². The van der Waals surface area contributed by atoms with E-state index in [1.807, 2.05) is 18.4 Å². The Morgan fingerprint density at radius 2 is 2.32 bits per heavy atom. The lowest BCUT2D eigenvalue weighted by Crippen LogP contribution is -2.40. The molecule has 1 aromatic rings. The molecule has 0 saturated carbocycles. The third-order valence-corrected chi connectivity index (χ3v) is 3.80. The Kier molecular flexibility index (Phi) is 5.72. The Balaban J connectivity index is 2.62. The summed E-state index contributed by atoms with van der Waals surface area (Å²) in [6, 6.07) is 1.50. The van der Waals surface area contributed by atoms with Crippen molar-refractivity contribution in [3.05, 3.63) is 34.5 Å². The molecule has 0 bridgehead atoms. The predicted octanol–water partition coefficient (Wildman–Crippen LogP) is 0.851. The summed E-state index contributed by atoms with van der Waals surface area (Å²) in [5.74, 6) is -0.632. The lowest BCUT2D eigenvalue weighted by molar-refractivity contribution is -0.131. The van der Waals surface area contributed by atoms with Crippen LogP contribution in [0.1, 0.15) is 16.5 Å². The number of amides is 2. The molecule has 2 amide bonds. The van der Waals surface area contributed by atoms with E-state index in [1.54, 1.807) is 0 Å². The van der Waals surface area contributed by atoms with E-state index >= 15 is 0 Å². The molecule has 6 heteroatoms. The Labute approximate surface area is 116 Å². The minimum absolute atomic E-state index is 0.0637. The highest BCUT2D eigenvalue weighted by atomic mass is 32.1. The third-order valence-electron chi connectivity index (χ3n) is 2.67. The number of hydrogen-bond donors (Lipinski definition) is 2. The van der Waals surface area contributed by atoms with E-state index in [1.165, 1.54) is 23.3 Å². The molecule has 1 heterocycles. The van der Waals surface area contributed by atoms with E-state index in [4.69, 9.17) is 0 Å². The van der Waals surface area contributed by atoms with Gasteiger partial charge in [-0.1, -0.05) is 6.58 Å². The molecule has 19 heavy (non-hydrogen) atoms. The smallest absolute Gasteiger partial charge is 0.246 e. The maximum absolute atomic E-state index is 11.8. The van der Waals surface area contributed by atoms with Crippen LogP contribution in [0.5, 0.6) is 0 Å². The van der Waals surface area contributed by atoms with Crippen molar-refractivity contribution in [3.8, 4) is 0 Å². The molecule has 0 spiro atoms. The highest BCUT2D eigenvalue weighted by Crippen LogP contribution is 2.23. The molecule has 0 aliphatic rings. The lowest BCUT2D eigenvalue weighted by atomic mass is 10.2. The first-order valence-corrected chi connectivity index (χ1v) is 6.69. The summed E-state index contributed by atoms with van der Waals surface area (Å²) >= 11 is 1.48.